The van der Waals surface area contributed by atoms with Crippen LogP contribution in [-0.4, -0.2) is 21.7 Å². The van der Waals surface area contributed by atoms with Crippen molar-refractivity contribution in [1.29, 1.82) is 0 Å². The number of hydrogen-bond acceptors (Lipinski definition) is 3. The van der Waals surface area contributed by atoms with E-state index in [1.165, 1.54) is 12.8 Å². The van der Waals surface area contributed by atoms with Gasteiger partial charge in [0, 0.05) is 23.2 Å². The average Bonchev–Trinajstić information content (AvgIpc) is 3.32. The molecule has 5 heteroatoms. The van der Waals surface area contributed by atoms with E-state index in [0.29, 0.717) is 5.69 Å². The van der Waals surface area contributed by atoms with Crippen LogP contribution in [0.4, 0.5) is 0 Å². The summed E-state index contributed by atoms with van der Waals surface area (Å²) in [7, 11) is 0. The highest BCUT2D eigenvalue weighted by Crippen LogP contribution is 2.47. The first-order chi connectivity index (χ1) is 12.2. The number of carbonyl (C=O) groups is 1. The minimum absolute atomic E-state index is 0.00990. The Morgan fingerprint density at radius 2 is 2.04 bits per heavy atom. The molecule has 0 radical (unpaired) electrons. The summed E-state index contributed by atoms with van der Waals surface area (Å²) < 4.78 is 6.38. The summed E-state index contributed by atoms with van der Waals surface area (Å²) in [5.41, 5.74) is 3.79. The molecule has 0 unspecified atom stereocenters. The molecule has 130 valence electrons. The molecule has 2 N–H and O–H groups in total. The zero-order valence-corrected chi connectivity index (χ0v) is 14.3. The largest absolute Gasteiger partial charge is 0.487 e. The van der Waals surface area contributed by atoms with Gasteiger partial charge in [-0.25, -0.2) is 0 Å². The molecule has 1 spiro atoms. The Hall–Kier alpha value is -2.30. The summed E-state index contributed by atoms with van der Waals surface area (Å²) in [6.07, 6.45) is 8.46. The molecule has 1 aromatic heterocycles. The first-order valence-corrected chi connectivity index (χ1v) is 9.39. The third-order valence-electron chi connectivity index (χ3n) is 6.04. The summed E-state index contributed by atoms with van der Waals surface area (Å²) in [6, 6.07) is 8.10. The third kappa shape index (κ3) is 2.44. The summed E-state index contributed by atoms with van der Waals surface area (Å²) in [6.45, 7) is 0. The zero-order valence-electron chi connectivity index (χ0n) is 14.3. The highest BCUT2D eigenvalue weighted by Gasteiger charge is 2.43. The lowest BCUT2D eigenvalue weighted by Gasteiger charge is -2.40. The quantitative estimate of drug-likeness (QED) is 0.882. The van der Waals surface area contributed by atoms with Crippen LogP contribution in [-0.2, 0) is 12.8 Å². The van der Waals surface area contributed by atoms with E-state index in [-0.39, 0.29) is 17.6 Å². The summed E-state index contributed by atoms with van der Waals surface area (Å²) in [4.78, 5) is 12.9. The van der Waals surface area contributed by atoms with Crippen LogP contribution in [0.3, 0.4) is 0 Å². The topological polar surface area (TPSA) is 67.0 Å². The smallest absolute Gasteiger partial charge is 0.272 e. The number of nitrogens with zero attached hydrogens (tertiary/aromatic N) is 1. The Morgan fingerprint density at radius 3 is 2.92 bits per heavy atom. The molecule has 5 nitrogen and oxygen atoms in total. The van der Waals surface area contributed by atoms with Crippen LogP contribution in [0.5, 0.6) is 5.75 Å². The van der Waals surface area contributed by atoms with Gasteiger partial charge in [0.2, 0.25) is 0 Å². The van der Waals surface area contributed by atoms with Crippen LogP contribution >= 0.6 is 0 Å². The number of nitrogens with one attached hydrogen (secondary N) is 2. The first-order valence-electron chi connectivity index (χ1n) is 9.39. The lowest BCUT2D eigenvalue weighted by molar-refractivity contribution is 0.0360. The van der Waals surface area contributed by atoms with Crippen molar-refractivity contribution in [3.05, 3.63) is 46.8 Å². The standard InChI is InChI=1S/C20H23N3O2/c24-19(18-14-7-5-8-15(14)22-23-18)21-16-12-20(10-3-4-11-20)25-17-9-2-1-6-13(16)17/h1-2,6,9,16H,3-5,7-8,10-12H2,(H,21,24)(H,22,23)/t16-/m1/s1. The Bertz CT molecular complexity index is 820. The van der Waals surface area contributed by atoms with E-state index in [4.69, 9.17) is 4.74 Å². The van der Waals surface area contributed by atoms with Crippen LogP contribution in [0.25, 0.3) is 0 Å². The van der Waals surface area contributed by atoms with Crippen molar-refractivity contribution < 1.29 is 9.53 Å². The number of fused-ring (bicyclic) bond motifs is 2. The molecule has 1 aliphatic heterocycles. The monoisotopic (exact) mass is 337 g/mol. The van der Waals surface area contributed by atoms with Gasteiger partial charge in [0.25, 0.3) is 5.91 Å². The fourth-order valence-electron chi connectivity index (χ4n) is 4.81. The number of ether oxygens (including phenoxy) is 1. The van der Waals surface area contributed by atoms with Crippen LogP contribution in [0.15, 0.2) is 24.3 Å². The van der Waals surface area contributed by atoms with Crippen molar-refractivity contribution >= 4 is 5.91 Å². The molecule has 2 heterocycles. The maximum atomic E-state index is 12.9. The molecule has 1 atom stereocenters. The van der Waals surface area contributed by atoms with Gasteiger partial charge in [0.15, 0.2) is 5.69 Å². The van der Waals surface area contributed by atoms with E-state index < -0.39 is 0 Å². The number of rotatable bonds is 2. The summed E-state index contributed by atoms with van der Waals surface area (Å²) in [5, 5.41) is 10.6. The third-order valence-corrected chi connectivity index (χ3v) is 6.04. The fraction of sp³-hybridized carbons (Fsp3) is 0.500. The van der Waals surface area contributed by atoms with E-state index in [0.717, 1.165) is 61.1 Å². The second-order valence-electron chi connectivity index (χ2n) is 7.64. The van der Waals surface area contributed by atoms with Gasteiger partial charge < -0.3 is 10.1 Å². The molecule has 2 aliphatic carbocycles. The van der Waals surface area contributed by atoms with Crippen molar-refractivity contribution in [3.8, 4) is 5.75 Å². The van der Waals surface area contributed by atoms with E-state index in [9.17, 15) is 4.79 Å². The number of H-pyrrole nitrogens is 1. The number of benzene rings is 1. The Balaban J connectivity index is 1.45. The normalized spacial score (nSPS) is 23.1. The van der Waals surface area contributed by atoms with Gasteiger partial charge in [-0.1, -0.05) is 18.2 Å². The Morgan fingerprint density at radius 1 is 1.20 bits per heavy atom. The van der Waals surface area contributed by atoms with Gasteiger partial charge in [0.05, 0.1) is 6.04 Å². The maximum absolute atomic E-state index is 12.9. The van der Waals surface area contributed by atoms with Gasteiger partial charge in [-0.2, -0.15) is 5.10 Å². The molecule has 1 amide bonds. The molecule has 1 aromatic carbocycles. The second kappa shape index (κ2) is 5.61. The molecule has 0 bridgehead atoms. The van der Waals surface area contributed by atoms with Gasteiger partial charge >= 0.3 is 0 Å². The molecule has 0 saturated heterocycles. The lowest BCUT2D eigenvalue weighted by atomic mass is 9.86. The molecule has 5 rings (SSSR count). The van der Waals surface area contributed by atoms with Gasteiger partial charge in [-0.15, -0.1) is 0 Å². The number of hydrogen-bond donors (Lipinski definition) is 2. The van der Waals surface area contributed by atoms with Crippen molar-refractivity contribution in [1.82, 2.24) is 15.5 Å². The number of aryl methyl sites for hydroxylation is 1. The van der Waals surface area contributed by atoms with Crippen LogP contribution in [0, 0.1) is 0 Å². The Kier molecular flexibility index (Phi) is 3.37. The molecular formula is C20H23N3O2. The predicted molar refractivity (Wildman–Crippen MR) is 93.7 cm³/mol. The van der Waals surface area contributed by atoms with E-state index >= 15 is 0 Å². The van der Waals surface area contributed by atoms with E-state index in [1.807, 2.05) is 18.2 Å². The number of aromatic amines is 1. The van der Waals surface area contributed by atoms with Crippen molar-refractivity contribution in [3.63, 3.8) is 0 Å². The van der Waals surface area contributed by atoms with Crippen molar-refractivity contribution in [2.75, 3.05) is 0 Å². The molecular weight excluding hydrogens is 314 g/mol. The molecule has 1 saturated carbocycles. The molecule has 2 aromatic rings. The predicted octanol–water partition coefficient (Wildman–Crippen LogP) is 3.46. The molecule has 3 aliphatic rings. The number of amides is 1. The fourth-order valence-corrected chi connectivity index (χ4v) is 4.81. The Labute approximate surface area is 147 Å². The SMILES string of the molecule is O=C(N[C@@H]1CC2(CCCC2)Oc2ccccc21)c1n[nH]c2c1CCC2. The number of para-hydroxylation sites is 1. The number of aromatic nitrogens is 2. The van der Waals surface area contributed by atoms with E-state index in [2.05, 4.69) is 21.6 Å². The van der Waals surface area contributed by atoms with Crippen LogP contribution < -0.4 is 10.1 Å². The number of carbonyl (C=O) groups excluding carboxylic acids is 1. The van der Waals surface area contributed by atoms with Gasteiger partial charge in [-0.05, 0) is 51.0 Å². The second-order valence-corrected chi connectivity index (χ2v) is 7.64. The summed E-state index contributed by atoms with van der Waals surface area (Å²) >= 11 is 0. The first kappa shape index (κ1) is 15.0. The average molecular weight is 337 g/mol. The van der Waals surface area contributed by atoms with Gasteiger partial charge in [-0.3, -0.25) is 9.89 Å². The van der Waals surface area contributed by atoms with E-state index in [1.54, 1.807) is 0 Å². The van der Waals surface area contributed by atoms with Crippen LogP contribution in [0.2, 0.25) is 0 Å². The zero-order chi connectivity index (χ0) is 16.9. The molecule has 1 fully saturated rings. The minimum Gasteiger partial charge on any atom is -0.487 e. The van der Waals surface area contributed by atoms with Gasteiger partial charge in [0.1, 0.15) is 11.4 Å². The van der Waals surface area contributed by atoms with Crippen molar-refractivity contribution in [2.45, 2.75) is 63.0 Å². The van der Waals surface area contributed by atoms with Crippen LogP contribution in [0.1, 0.15) is 71.9 Å². The highest BCUT2D eigenvalue weighted by molar-refractivity contribution is 5.94. The molecule has 25 heavy (non-hydrogen) atoms. The lowest BCUT2D eigenvalue weighted by Crippen LogP contribution is -2.43. The summed E-state index contributed by atoms with van der Waals surface area (Å²) in [5.74, 6) is 0.863. The highest BCUT2D eigenvalue weighted by atomic mass is 16.5. The minimum atomic E-state index is -0.111. The maximum Gasteiger partial charge on any atom is 0.272 e. The van der Waals surface area contributed by atoms with Crippen molar-refractivity contribution in [2.24, 2.45) is 0 Å².